The summed E-state index contributed by atoms with van der Waals surface area (Å²) in [6.45, 7) is 1.66. The second-order valence-corrected chi connectivity index (χ2v) is 4.19. The van der Waals surface area contributed by atoms with E-state index in [2.05, 4.69) is 5.10 Å². The standard InChI is InChI=1S/C11H9ClF3N3/c1-5-9(12)11(16)18(17-5)4-6-2-7(13)10(15)8(14)3-6/h2-3H,4,16H2,1H3. The molecule has 0 amide bonds. The molecule has 0 bridgehead atoms. The average Bonchev–Trinajstić information content (AvgIpc) is 2.54. The van der Waals surface area contributed by atoms with Crippen molar-refractivity contribution < 1.29 is 13.2 Å². The Morgan fingerprint density at radius 2 is 1.83 bits per heavy atom. The minimum absolute atomic E-state index is 0.00745. The summed E-state index contributed by atoms with van der Waals surface area (Å²) in [4.78, 5) is 0. The third-order valence-corrected chi connectivity index (χ3v) is 2.93. The highest BCUT2D eigenvalue weighted by molar-refractivity contribution is 6.33. The highest BCUT2D eigenvalue weighted by Crippen LogP contribution is 2.23. The van der Waals surface area contributed by atoms with Gasteiger partial charge in [-0.1, -0.05) is 11.6 Å². The molecule has 0 saturated carbocycles. The van der Waals surface area contributed by atoms with E-state index in [1.54, 1.807) is 6.92 Å². The quantitative estimate of drug-likeness (QED) is 0.857. The lowest BCUT2D eigenvalue weighted by Gasteiger charge is -2.05. The summed E-state index contributed by atoms with van der Waals surface area (Å²) < 4.78 is 40.1. The van der Waals surface area contributed by atoms with E-state index < -0.39 is 17.5 Å². The number of nitrogens with zero attached hydrogens (tertiary/aromatic N) is 2. The van der Waals surface area contributed by atoms with Gasteiger partial charge in [0.2, 0.25) is 0 Å². The largest absolute Gasteiger partial charge is 0.383 e. The van der Waals surface area contributed by atoms with Gasteiger partial charge >= 0.3 is 0 Å². The molecule has 1 aromatic carbocycles. The summed E-state index contributed by atoms with van der Waals surface area (Å²) in [5, 5.41) is 4.30. The van der Waals surface area contributed by atoms with Crippen LogP contribution in [0.1, 0.15) is 11.3 Å². The van der Waals surface area contributed by atoms with Crippen LogP contribution in [-0.2, 0) is 6.54 Å². The highest BCUT2D eigenvalue weighted by atomic mass is 35.5. The molecular formula is C11H9ClF3N3. The van der Waals surface area contributed by atoms with Gasteiger partial charge in [0, 0.05) is 0 Å². The molecule has 3 nitrogen and oxygen atoms in total. The van der Waals surface area contributed by atoms with Gasteiger partial charge in [0.25, 0.3) is 0 Å². The van der Waals surface area contributed by atoms with Crippen LogP contribution in [0.15, 0.2) is 12.1 Å². The molecule has 1 heterocycles. The molecule has 18 heavy (non-hydrogen) atoms. The van der Waals surface area contributed by atoms with Crippen molar-refractivity contribution in [2.45, 2.75) is 13.5 Å². The predicted octanol–water partition coefficient (Wildman–Crippen LogP) is 2.89. The normalized spacial score (nSPS) is 10.9. The Morgan fingerprint density at radius 3 is 2.28 bits per heavy atom. The summed E-state index contributed by atoms with van der Waals surface area (Å²) in [5.41, 5.74) is 6.38. The van der Waals surface area contributed by atoms with Gasteiger partial charge in [0.1, 0.15) is 10.8 Å². The minimum atomic E-state index is -1.50. The van der Waals surface area contributed by atoms with Crippen LogP contribution in [-0.4, -0.2) is 9.78 Å². The molecule has 2 aromatic rings. The van der Waals surface area contributed by atoms with E-state index in [0.717, 1.165) is 12.1 Å². The molecule has 7 heteroatoms. The molecule has 2 rings (SSSR count). The number of halogens is 4. The molecule has 96 valence electrons. The van der Waals surface area contributed by atoms with Gasteiger partial charge in [-0.2, -0.15) is 5.10 Å². The van der Waals surface area contributed by atoms with Gasteiger partial charge < -0.3 is 5.73 Å². The number of hydrogen-bond donors (Lipinski definition) is 1. The lowest BCUT2D eigenvalue weighted by atomic mass is 10.2. The number of aromatic nitrogens is 2. The predicted molar refractivity (Wildman–Crippen MR) is 61.8 cm³/mol. The number of anilines is 1. The Balaban J connectivity index is 2.37. The molecule has 2 N–H and O–H groups in total. The molecule has 0 aliphatic carbocycles. The van der Waals surface area contributed by atoms with E-state index in [1.807, 2.05) is 0 Å². The van der Waals surface area contributed by atoms with Gasteiger partial charge in [0.15, 0.2) is 17.5 Å². The fraction of sp³-hybridized carbons (Fsp3) is 0.182. The Bertz CT molecular complexity index is 587. The second kappa shape index (κ2) is 4.53. The van der Waals surface area contributed by atoms with Crippen molar-refractivity contribution in [3.8, 4) is 0 Å². The Hall–Kier alpha value is -1.69. The fourth-order valence-electron chi connectivity index (χ4n) is 1.57. The maximum atomic E-state index is 13.0. The van der Waals surface area contributed by atoms with E-state index >= 15 is 0 Å². The zero-order valence-electron chi connectivity index (χ0n) is 9.35. The van der Waals surface area contributed by atoms with Crippen LogP contribution in [0.3, 0.4) is 0 Å². The van der Waals surface area contributed by atoms with Crippen molar-refractivity contribution in [3.63, 3.8) is 0 Å². The second-order valence-electron chi connectivity index (χ2n) is 3.82. The van der Waals surface area contributed by atoms with E-state index in [1.165, 1.54) is 4.68 Å². The zero-order valence-corrected chi connectivity index (χ0v) is 10.1. The van der Waals surface area contributed by atoms with E-state index in [4.69, 9.17) is 17.3 Å². The first-order chi connectivity index (χ1) is 8.40. The first-order valence-electron chi connectivity index (χ1n) is 5.02. The lowest BCUT2D eigenvalue weighted by Crippen LogP contribution is -2.07. The Morgan fingerprint density at radius 1 is 1.28 bits per heavy atom. The molecular weight excluding hydrogens is 267 g/mol. The van der Waals surface area contributed by atoms with Crippen molar-refractivity contribution in [2.75, 3.05) is 5.73 Å². The summed E-state index contributed by atoms with van der Waals surface area (Å²) in [6, 6.07) is 1.78. The summed E-state index contributed by atoms with van der Waals surface area (Å²) in [7, 11) is 0. The maximum Gasteiger partial charge on any atom is 0.194 e. The molecule has 0 spiro atoms. The van der Waals surface area contributed by atoms with Crippen molar-refractivity contribution in [3.05, 3.63) is 45.9 Å². The monoisotopic (exact) mass is 275 g/mol. The molecule has 0 aliphatic rings. The number of hydrogen-bond acceptors (Lipinski definition) is 2. The van der Waals surface area contributed by atoms with E-state index in [9.17, 15) is 13.2 Å². The fourth-order valence-corrected chi connectivity index (χ4v) is 1.71. The molecule has 0 aliphatic heterocycles. The molecule has 0 saturated heterocycles. The number of benzene rings is 1. The van der Waals surface area contributed by atoms with Crippen LogP contribution >= 0.6 is 11.6 Å². The number of nitrogen functional groups attached to an aromatic ring is 1. The van der Waals surface area contributed by atoms with Crippen LogP contribution in [0.5, 0.6) is 0 Å². The summed E-state index contributed by atoms with van der Waals surface area (Å²) in [5.74, 6) is -3.81. The van der Waals surface area contributed by atoms with Crippen LogP contribution in [0.4, 0.5) is 19.0 Å². The van der Waals surface area contributed by atoms with Crippen LogP contribution in [0.2, 0.25) is 5.02 Å². The Labute approximate surface area is 106 Å². The van der Waals surface area contributed by atoms with Crippen molar-refractivity contribution in [1.29, 1.82) is 0 Å². The molecule has 0 radical (unpaired) electrons. The smallest absolute Gasteiger partial charge is 0.194 e. The van der Waals surface area contributed by atoms with Crippen LogP contribution < -0.4 is 5.73 Å². The zero-order chi connectivity index (χ0) is 13.4. The lowest BCUT2D eigenvalue weighted by molar-refractivity contribution is 0.444. The van der Waals surface area contributed by atoms with Gasteiger partial charge in [-0.3, -0.25) is 0 Å². The van der Waals surface area contributed by atoms with E-state index in [-0.39, 0.29) is 22.9 Å². The van der Waals surface area contributed by atoms with E-state index in [0.29, 0.717) is 5.69 Å². The SMILES string of the molecule is Cc1nn(Cc2cc(F)c(F)c(F)c2)c(N)c1Cl. The topological polar surface area (TPSA) is 43.8 Å². The number of rotatable bonds is 2. The molecule has 0 unspecified atom stereocenters. The van der Waals surface area contributed by atoms with Crippen molar-refractivity contribution in [1.82, 2.24) is 9.78 Å². The van der Waals surface area contributed by atoms with Gasteiger partial charge in [0.05, 0.1) is 12.2 Å². The van der Waals surface area contributed by atoms with Crippen molar-refractivity contribution in [2.24, 2.45) is 0 Å². The molecule has 1 aromatic heterocycles. The number of aryl methyl sites for hydroxylation is 1. The van der Waals surface area contributed by atoms with Crippen LogP contribution in [0.25, 0.3) is 0 Å². The van der Waals surface area contributed by atoms with Gasteiger partial charge in [-0.25, -0.2) is 17.9 Å². The third-order valence-electron chi connectivity index (χ3n) is 2.47. The van der Waals surface area contributed by atoms with Gasteiger partial charge in [-0.15, -0.1) is 0 Å². The van der Waals surface area contributed by atoms with Crippen molar-refractivity contribution >= 4 is 17.4 Å². The Kier molecular flexibility index (Phi) is 3.21. The maximum absolute atomic E-state index is 13.0. The summed E-state index contributed by atoms with van der Waals surface area (Å²) in [6.07, 6.45) is 0. The average molecular weight is 276 g/mol. The van der Waals surface area contributed by atoms with Crippen LogP contribution in [0, 0.1) is 24.4 Å². The first-order valence-corrected chi connectivity index (χ1v) is 5.39. The minimum Gasteiger partial charge on any atom is -0.383 e. The van der Waals surface area contributed by atoms with Gasteiger partial charge in [-0.05, 0) is 24.6 Å². The summed E-state index contributed by atoms with van der Waals surface area (Å²) >= 11 is 5.84. The third kappa shape index (κ3) is 2.15. The first kappa shape index (κ1) is 12.8. The highest BCUT2D eigenvalue weighted by Gasteiger charge is 2.14. The number of nitrogens with two attached hydrogens (primary N) is 1. The molecule has 0 fully saturated rings. The molecule has 0 atom stereocenters.